The normalized spacial score (nSPS) is 35.7. The van der Waals surface area contributed by atoms with Crippen LogP contribution in [0, 0.1) is 11.3 Å². The van der Waals surface area contributed by atoms with Gasteiger partial charge in [-0.25, -0.2) is 0 Å². The Morgan fingerprint density at radius 2 is 2.22 bits per heavy atom. The highest BCUT2D eigenvalue weighted by Crippen LogP contribution is 2.63. The number of phenolic OH excluding ortho intramolecular Hbond substituents is 1. The zero-order valence-corrected chi connectivity index (χ0v) is 10.4. The Labute approximate surface area is 107 Å². The van der Waals surface area contributed by atoms with Crippen LogP contribution in [0.4, 0.5) is 5.69 Å². The van der Waals surface area contributed by atoms with E-state index in [2.05, 4.69) is 5.32 Å². The molecule has 1 aliphatic heterocycles. The Kier molecular flexibility index (Phi) is 2.16. The lowest BCUT2D eigenvalue weighted by Crippen LogP contribution is -2.68. The molecule has 18 heavy (non-hydrogen) atoms. The fourth-order valence-electron chi connectivity index (χ4n) is 4.23. The fraction of sp³-hybridized carbons (Fsp3) is 0.600. The average Bonchev–Trinajstić information content (AvgIpc) is 2.69. The summed E-state index contributed by atoms with van der Waals surface area (Å²) in [5.41, 5.74) is 1.43. The summed E-state index contributed by atoms with van der Waals surface area (Å²) in [6.07, 6.45) is 5.62. The van der Waals surface area contributed by atoms with Crippen molar-refractivity contribution >= 4 is 5.69 Å². The van der Waals surface area contributed by atoms with Crippen molar-refractivity contribution in [2.75, 3.05) is 11.9 Å². The maximum Gasteiger partial charge on any atom is 0.117 e. The molecule has 96 valence electrons. The number of nitrogens with one attached hydrogen (secondary N) is 1. The summed E-state index contributed by atoms with van der Waals surface area (Å²) in [5, 5.41) is 13.2. The van der Waals surface area contributed by atoms with E-state index in [-0.39, 0.29) is 0 Å². The Balaban J connectivity index is 1.57. The molecule has 1 aromatic rings. The first-order valence-electron chi connectivity index (χ1n) is 6.97. The number of aromatic hydroxyl groups is 1. The third-order valence-electron chi connectivity index (χ3n) is 5.20. The number of benzene rings is 1. The largest absolute Gasteiger partial charge is 0.508 e. The number of ether oxygens (including phenoxy) is 1. The quantitative estimate of drug-likeness (QED) is 0.841. The van der Waals surface area contributed by atoms with Crippen molar-refractivity contribution < 1.29 is 9.84 Å². The number of fused-ring (bicyclic) bond motifs is 2. The second-order valence-corrected chi connectivity index (χ2v) is 6.00. The first-order chi connectivity index (χ1) is 8.79. The van der Waals surface area contributed by atoms with E-state index in [1.165, 1.54) is 25.7 Å². The van der Waals surface area contributed by atoms with Crippen LogP contribution in [-0.4, -0.2) is 23.9 Å². The van der Waals surface area contributed by atoms with Gasteiger partial charge in [0.15, 0.2) is 0 Å². The molecule has 3 atom stereocenters. The lowest BCUT2D eigenvalue weighted by molar-refractivity contribution is -0.158. The van der Waals surface area contributed by atoms with Crippen LogP contribution in [0.5, 0.6) is 5.75 Å². The summed E-state index contributed by atoms with van der Waals surface area (Å²) in [6.45, 7) is 0.926. The molecule has 4 rings (SSSR count). The number of hydrogen-bond donors (Lipinski definition) is 2. The zero-order chi connectivity index (χ0) is 12.2. The molecule has 2 N–H and O–H groups in total. The monoisotopic (exact) mass is 245 g/mol. The SMILES string of the molecule is Oc1cccc(N[C@@H]2[C@@H]3CCO[C@@H]3C23CCC3)c1. The van der Waals surface area contributed by atoms with Gasteiger partial charge in [-0.15, -0.1) is 0 Å². The van der Waals surface area contributed by atoms with Crippen molar-refractivity contribution in [1.29, 1.82) is 0 Å². The molecule has 3 nitrogen and oxygen atoms in total. The van der Waals surface area contributed by atoms with Crippen LogP contribution >= 0.6 is 0 Å². The van der Waals surface area contributed by atoms with Crippen molar-refractivity contribution in [3.8, 4) is 5.75 Å². The van der Waals surface area contributed by atoms with E-state index < -0.39 is 0 Å². The maximum absolute atomic E-state index is 9.54. The van der Waals surface area contributed by atoms with E-state index >= 15 is 0 Å². The molecule has 0 radical (unpaired) electrons. The van der Waals surface area contributed by atoms with Crippen molar-refractivity contribution in [2.24, 2.45) is 11.3 Å². The summed E-state index contributed by atoms with van der Waals surface area (Å²) in [4.78, 5) is 0. The lowest BCUT2D eigenvalue weighted by Gasteiger charge is -2.63. The highest BCUT2D eigenvalue weighted by molar-refractivity contribution is 5.50. The van der Waals surface area contributed by atoms with E-state index in [4.69, 9.17) is 4.74 Å². The van der Waals surface area contributed by atoms with Gasteiger partial charge in [0, 0.05) is 35.7 Å². The third kappa shape index (κ3) is 1.28. The van der Waals surface area contributed by atoms with Gasteiger partial charge in [0.1, 0.15) is 5.75 Å². The molecule has 1 aromatic carbocycles. The molecule has 0 aromatic heterocycles. The standard InChI is InChI=1S/C15H19NO2/c17-11-4-1-3-10(9-11)16-13-12-5-8-18-14(12)15(13)6-2-7-15/h1,3-4,9,12-14,16-17H,2,5-8H2/t12-,13+,14-/m0/s1. The summed E-state index contributed by atoms with van der Waals surface area (Å²) in [5.74, 6) is 1.01. The van der Waals surface area contributed by atoms with Gasteiger partial charge in [-0.3, -0.25) is 0 Å². The van der Waals surface area contributed by atoms with Crippen LogP contribution in [0.2, 0.25) is 0 Å². The molecule has 0 amide bonds. The van der Waals surface area contributed by atoms with Crippen LogP contribution in [0.15, 0.2) is 24.3 Å². The van der Waals surface area contributed by atoms with Crippen LogP contribution in [0.25, 0.3) is 0 Å². The van der Waals surface area contributed by atoms with E-state index in [9.17, 15) is 5.11 Å². The minimum absolute atomic E-state index is 0.334. The van der Waals surface area contributed by atoms with Gasteiger partial charge in [-0.05, 0) is 31.4 Å². The van der Waals surface area contributed by atoms with Gasteiger partial charge >= 0.3 is 0 Å². The molecule has 3 fully saturated rings. The van der Waals surface area contributed by atoms with Gasteiger partial charge in [-0.2, -0.15) is 0 Å². The minimum Gasteiger partial charge on any atom is -0.508 e. The lowest BCUT2D eigenvalue weighted by atomic mass is 9.46. The second-order valence-electron chi connectivity index (χ2n) is 6.00. The van der Waals surface area contributed by atoms with Gasteiger partial charge in [-0.1, -0.05) is 12.5 Å². The molecule has 0 unspecified atom stereocenters. The van der Waals surface area contributed by atoms with Crippen LogP contribution in [-0.2, 0) is 4.74 Å². The van der Waals surface area contributed by atoms with Gasteiger partial charge in [0.2, 0.25) is 0 Å². The predicted octanol–water partition coefficient (Wildman–Crippen LogP) is 2.76. The molecule has 1 spiro atoms. The van der Waals surface area contributed by atoms with E-state index in [1.54, 1.807) is 6.07 Å². The highest BCUT2D eigenvalue weighted by atomic mass is 16.5. The van der Waals surface area contributed by atoms with Crippen LogP contribution in [0.1, 0.15) is 25.7 Å². The molecule has 2 aliphatic carbocycles. The number of anilines is 1. The third-order valence-corrected chi connectivity index (χ3v) is 5.20. The van der Waals surface area contributed by atoms with Crippen molar-refractivity contribution in [1.82, 2.24) is 0 Å². The molecular formula is C15H19NO2. The van der Waals surface area contributed by atoms with Gasteiger partial charge in [0.25, 0.3) is 0 Å². The second kappa shape index (κ2) is 3.64. The Bertz CT molecular complexity index is 469. The van der Waals surface area contributed by atoms with E-state index in [0.717, 1.165) is 12.3 Å². The van der Waals surface area contributed by atoms with Crippen molar-refractivity contribution in [2.45, 2.75) is 37.8 Å². The zero-order valence-electron chi connectivity index (χ0n) is 10.4. The summed E-state index contributed by atoms with van der Waals surface area (Å²) in [6, 6.07) is 8.00. The van der Waals surface area contributed by atoms with Crippen LogP contribution in [0.3, 0.4) is 0 Å². The summed E-state index contributed by atoms with van der Waals surface area (Å²) >= 11 is 0. The van der Waals surface area contributed by atoms with Crippen molar-refractivity contribution in [3.05, 3.63) is 24.3 Å². The Morgan fingerprint density at radius 3 is 2.94 bits per heavy atom. The van der Waals surface area contributed by atoms with Crippen molar-refractivity contribution in [3.63, 3.8) is 0 Å². The molecule has 2 saturated carbocycles. The Morgan fingerprint density at radius 1 is 1.33 bits per heavy atom. The molecule has 1 saturated heterocycles. The molecule has 0 bridgehead atoms. The Hall–Kier alpha value is -1.22. The first kappa shape index (κ1) is 10.7. The van der Waals surface area contributed by atoms with E-state index in [1.807, 2.05) is 18.2 Å². The molecule has 3 heteroatoms. The highest BCUT2D eigenvalue weighted by Gasteiger charge is 2.66. The number of phenols is 1. The average molecular weight is 245 g/mol. The fourth-order valence-corrected chi connectivity index (χ4v) is 4.23. The molecular weight excluding hydrogens is 226 g/mol. The predicted molar refractivity (Wildman–Crippen MR) is 69.6 cm³/mol. The molecule has 1 heterocycles. The van der Waals surface area contributed by atoms with Gasteiger partial charge in [0.05, 0.1) is 6.10 Å². The minimum atomic E-state index is 0.334. The first-order valence-corrected chi connectivity index (χ1v) is 6.97. The topological polar surface area (TPSA) is 41.5 Å². The number of rotatable bonds is 2. The summed E-state index contributed by atoms with van der Waals surface area (Å²) in [7, 11) is 0. The smallest absolute Gasteiger partial charge is 0.117 e. The maximum atomic E-state index is 9.54. The molecule has 3 aliphatic rings. The summed E-state index contributed by atoms with van der Waals surface area (Å²) < 4.78 is 5.91. The van der Waals surface area contributed by atoms with Gasteiger partial charge < -0.3 is 15.2 Å². The van der Waals surface area contributed by atoms with E-state index in [0.29, 0.717) is 29.2 Å². The number of hydrogen-bond acceptors (Lipinski definition) is 3. The van der Waals surface area contributed by atoms with Crippen LogP contribution < -0.4 is 5.32 Å².